The van der Waals surface area contributed by atoms with Crippen LogP contribution in [-0.4, -0.2) is 51.4 Å². The number of rotatable bonds is 14. The van der Waals surface area contributed by atoms with Crippen molar-refractivity contribution in [2.24, 2.45) is 0 Å². The van der Waals surface area contributed by atoms with Gasteiger partial charge in [0.15, 0.2) is 0 Å². The van der Waals surface area contributed by atoms with Gasteiger partial charge in [-0.2, -0.15) is 0 Å². The minimum Gasteiger partial charge on any atom is -0.229 e. The molecule has 0 fully saturated rings. The third-order valence-corrected chi connectivity index (χ3v) is 10.8. The Morgan fingerprint density at radius 2 is 1.05 bits per heavy atom. The average Bonchev–Trinajstić information content (AvgIpc) is 2.44. The molecule has 0 aromatic heterocycles. The Hall–Kier alpha value is 0.950. The fraction of sp³-hybridized carbons (Fsp3) is 1.00. The van der Waals surface area contributed by atoms with Gasteiger partial charge in [0.2, 0.25) is 0 Å². The summed E-state index contributed by atoms with van der Waals surface area (Å²) in [5.41, 5.74) is 0. The molecule has 9 heteroatoms. The Kier molecular flexibility index (Phi) is 12.9. The van der Waals surface area contributed by atoms with Crippen molar-refractivity contribution in [2.45, 2.75) is 39.5 Å². The van der Waals surface area contributed by atoms with Crippen molar-refractivity contribution in [1.29, 1.82) is 0 Å². The summed E-state index contributed by atoms with van der Waals surface area (Å²) in [5.74, 6) is 2.99. The number of hydrogen-bond acceptors (Lipinski definition) is 7. The predicted molar refractivity (Wildman–Crippen MR) is 99.6 cm³/mol. The molecule has 0 N–H and O–H groups in total. The lowest BCUT2D eigenvalue weighted by Crippen LogP contribution is -2.08. The lowest BCUT2D eigenvalue weighted by Gasteiger charge is -2.03. The first-order chi connectivity index (χ1) is 9.83. The van der Waals surface area contributed by atoms with E-state index in [1.165, 1.54) is 0 Å². The van der Waals surface area contributed by atoms with Crippen LogP contribution in [0.5, 0.6) is 0 Å². The molecule has 0 aliphatic heterocycles. The number of unbranched alkanes of at least 4 members (excludes halogenated alkanes) is 2. The molecule has 0 saturated carbocycles. The Morgan fingerprint density at radius 1 is 0.667 bits per heavy atom. The molecule has 128 valence electrons. The summed E-state index contributed by atoms with van der Waals surface area (Å²) in [6.45, 7) is 3.37. The molecular weight excluding hydrogens is 368 g/mol. The van der Waals surface area contributed by atoms with Crippen molar-refractivity contribution < 1.29 is 16.8 Å². The first-order valence-electron chi connectivity index (χ1n) is 7.15. The van der Waals surface area contributed by atoms with E-state index in [2.05, 4.69) is 0 Å². The molecule has 0 aromatic rings. The second-order valence-corrected chi connectivity index (χ2v) is 14.0. The normalized spacial score (nSPS) is 12.7. The Labute approximate surface area is 141 Å². The van der Waals surface area contributed by atoms with Gasteiger partial charge in [0, 0.05) is 23.0 Å². The van der Waals surface area contributed by atoms with Crippen LogP contribution in [0.3, 0.4) is 0 Å². The highest BCUT2D eigenvalue weighted by Crippen LogP contribution is 2.35. The van der Waals surface area contributed by atoms with Crippen LogP contribution in [0.2, 0.25) is 0 Å². The molecule has 0 radical (unpaired) electrons. The third-order valence-electron chi connectivity index (χ3n) is 2.84. The predicted octanol–water partition coefficient (Wildman–Crippen LogP) is 3.45. The van der Waals surface area contributed by atoms with Gasteiger partial charge in [-0.15, -0.1) is 0 Å². The number of sulfone groups is 2. The molecule has 0 rings (SSSR count). The fourth-order valence-corrected chi connectivity index (χ4v) is 7.23. The standard InChI is InChI=1S/C12H26O4S5/c1-3-20(13,14)11-7-5-9-17-19-18-10-6-8-12-21(15,16)4-2/h3-12H2,1-2H3. The molecule has 0 spiro atoms. The Morgan fingerprint density at radius 3 is 1.38 bits per heavy atom. The second-order valence-electron chi connectivity index (χ2n) is 4.60. The fourth-order valence-electron chi connectivity index (χ4n) is 1.36. The van der Waals surface area contributed by atoms with Gasteiger partial charge in [0.1, 0.15) is 19.7 Å². The van der Waals surface area contributed by atoms with Gasteiger partial charge in [0.05, 0.1) is 11.5 Å². The highest BCUT2D eigenvalue weighted by molar-refractivity contribution is 9.09. The summed E-state index contributed by atoms with van der Waals surface area (Å²) in [6.07, 6.45) is 3.32. The summed E-state index contributed by atoms with van der Waals surface area (Å²) in [7, 11) is -0.417. The van der Waals surface area contributed by atoms with Crippen LogP contribution in [0.25, 0.3) is 0 Å². The van der Waals surface area contributed by atoms with Gasteiger partial charge in [-0.05, 0) is 35.5 Å². The first-order valence-corrected chi connectivity index (χ1v) is 14.6. The van der Waals surface area contributed by atoms with Gasteiger partial charge in [0.25, 0.3) is 0 Å². The number of hydrogen-bond donors (Lipinski definition) is 0. The first kappa shape index (κ1) is 21.9. The third kappa shape index (κ3) is 14.3. The highest BCUT2D eigenvalue weighted by atomic mass is 33.5. The van der Waals surface area contributed by atoms with Crippen LogP contribution < -0.4 is 0 Å². The van der Waals surface area contributed by atoms with E-state index in [0.29, 0.717) is 11.5 Å². The van der Waals surface area contributed by atoms with Crippen LogP contribution in [0.1, 0.15) is 39.5 Å². The Bertz CT molecular complexity index is 402. The van der Waals surface area contributed by atoms with E-state index in [1.54, 1.807) is 45.3 Å². The van der Waals surface area contributed by atoms with Gasteiger partial charge in [-0.1, -0.05) is 35.4 Å². The van der Waals surface area contributed by atoms with E-state index in [-0.39, 0.29) is 11.5 Å². The summed E-state index contributed by atoms with van der Waals surface area (Å²) < 4.78 is 45.1. The van der Waals surface area contributed by atoms with Gasteiger partial charge >= 0.3 is 0 Å². The van der Waals surface area contributed by atoms with E-state index in [9.17, 15) is 16.8 Å². The van der Waals surface area contributed by atoms with Crippen molar-refractivity contribution in [2.75, 3.05) is 34.5 Å². The molecule has 0 aromatic carbocycles. The van der Waals surface area contributed by atoms with Crippen molar-refractivity contribution in [3.8, 4) is 0 Å². The van der Waals surface area contributed by atoms with Gasteiger partial charge in [-0.25, -0.2) is 16.8 Å². The molecule has 4 nitrogen and oxygen atoms in total. The SMILES string of the molecule is CCS(=O)(=O)CCCCSSSCCCCS(=O)(=O)CC. The van der Waals surface area contributed by atoms with Crippen LogP contribution >= 0.6 is 31.4 Å². The molecule has 0 amide bonds. The molecule has 0 aliphatic rings. The van der Waals surface area contributed by atoms with E-state index in [4.69, 9.17) is 0 Å². The minimum absolute atomic E-state index is 0.235. The van der Waals surface area contributed by atoms with E-state index >= 15 is 0 Å². The summed E-state index contributed by atoms with van der Waals surface area (Å²) in [4.78, 5) is 0. The zero-order valence-corrected chi connectivity index (χ0v) is 16.8. The van der Waals surface area contributed by atoms with Crippen molar-refractivity contribution in [3.63, 3.8) is 0 Å². The van der Waals surface area contributed by atoms with E-state index in [0.717, 1.165) is 37.2 Å². The van der Waals surface area contributed by atoms with Crippen molar-refractivity contribution in [1.82, 2.24) is 0 Å². The topological polar surface area (TPSA) is 68.3 Å². The van der Waals surface area contributed by atoms with Crippen LogP contribution in [0.4, 0.5) is 0 Å². The van der Waals surface area contributed by atoms with Crippen LogP contribution in [0.15, 0.2) is 0 Å². The second kappa shape index (κ2) is 12.4. The Balaban J connectivity index is 3.31. The molecule has 0 aliphatic carbocycles. The zero-order chi connectivity index (χ0) is 16.2. The molecular formula is C12H26O4S5. The quantitative estimate of drug-likeness (QED) is 0.330. The van der Waals surface area contributed by atoms with Crippen LogP contribution in [-0.2, 0) is 19.7 Å². The van der Waals surface area contributed by atoms with Crippen LogP contribution in [0, 0.1) is 0 Å². The molecule has 0 unspecified atom stereocenters. The maximum atomic E-state index is 11.3. The maximum Gasteiger partial charge on any atom is 0.150 e. The summed E-state index contributed by atoms with van der Waals surface area (Å²) in [5, 5.41) is 0. The van der Waals surface area contributed by atoms with Crippen molar-refractivity contribution in [3.05, 3.63) is 0 Å². The smallest absolute Gasteiger partial charge is 0.150 e. The maximum absolute atomic E-state index is 11.3. The van der Waals surface area contributed by atoms with Gasteiger partial charge < -0.3 is 0 Å². The zero-order valence-electron chi connectivity index (χ0n) is 12.7. The van der Waals surface area contributed by atoms with Gasteiger partial charge in [-0.3, -0.25) is 0 Å². The molecule has 21 heavy (non-hydrogen) atoms. The highest BCUT2D eigenvalue weighted by Gasteiger charge is 2.07. The summed E-state index contributed by atoms with van der Waals surface area (Å²) >= 11 is 0. The lowest BCUT2D eigenvalue weighted by molar-refractivity contribution is 0.592. The lowest BCUT2D eigenvalue weighted by atomic mass is 10.4. The monoisotopic (exact) mass is 394 g/mol. The molecule has 0 heterocycles. The van der Waals surface area contributed by atoms with E-state index in [1.807, 2.05) is 0 Å². The largest absolute Gasteiger partial charge is 0.229 e. The minimum atomic E-state index is -2.81. The summed E-state index contributed by atoms with van der Waals surface area (Å²) in [6, 6.07) is 0. The molecule has 0 bridgehead atoms. The molecule has 0 saturated heterocycles. The average molecular weight is 395 g/mol. The van der Waals surface area contributed by atoms with E-state index < -0.39 is 19.7 Å². The van der Waals surface area contributed by atoms with Crippen molar-refractivity contribution >= 4 is 51.1 Å². The molecule has 0 atom stereocenters.